The number of carbonyl (C=O) groups excluding carboxylic acids is 1. The van der Waals surface area contributed by atoms with Gasteiger partial charge in [-0.3, -0.25) is 9.69 Å². The van der Waals surface area contributed by atoms with Crippen molar-refractivity contribution in [2.75, 3.05) is 32.1 Å². The van der Waals surface area contributed by atoms with E-state index in [9.17, 15) is 4.79 Å². The number of hydrogen-bond acceptors (Lipinski definition) is 4. The molecule has 4 nitrogen and oxygen atoms in total. The van der Waals surface area contributed by atoms with Gasteiger partial charge in [0, 0.05) is 16.6 Å². The predicted molar refractivity (Wildman–Crippen MR) is 121 cm³/mol. The van der Waals surface area contributed by atoms with E-state index in [1.807, 2.05) is 49.3 Å². The van der Waals surface area contributed by atoms with Crippen LogP contribution in [0.2, 0.25) is 0 Å². The third-order valence-corrected chi connectivity index (χ3v) is 5.66. The van der Waals surface area contributed by atoms with Crippen LogP contribution in [0.4, 0.5) is 5.13 Å². The van der Waals surface area contributed by atoms with Crippen molar-refractivity contribution in [2.45, 2.75) is 13.3 Å². The average Bonchev–Trinajstić information content (AvgIpc) is 3.01. The highest BCUT2D eigenvalue weighted by molar-refractivity contribution is 9.10. The molecule has 3 aromatic rings. The molecule has 0 N–H and O–H groups in total. The number of hydrogen-bond donors (Lipinski definition) is 0. The van der Waals surface area contributed by atoms with Gasteiger partial charge >= 0.3 is 0 Å². The minimum atomic E-state index is -0.00738. The van der Waals surface area contributed by atoms with E-state index in [2.05, 4.69) is 39.9 Å². The van der Waals surface area contributed by atoms with E-state index in [0.29, 0.717) is 12.1 Å². The van der Waals surface area contributed by atoms with Crippen molar-refractivity contribution in [2.24, 2.45) is 0 Å². The summed E-state index contributed by atoms with van der Waals surface area (Å²) in [5.74, 6) is -0.00738. The molecule has 0 saturated heterocycles. The Morgan fingerprint density at radius 1 is 1.11 bits per heavy atom. The molecule has 0 aliphatic rings. The molecule has 1 heterocycles. The number of aryl methyl sites for hydroxylation is 1. The van der Waals surface area contributed by atoms with E-state index in [0.717, 1.165) is 32.8 Å². The average molecular weight is 469 g/mol. The summed E-state index contributed by atoms with van der Waals surface area (Å²) in [5, 5.41) is 0.761. The van der Waals surface area contributed by atoms with Crippen molar-refractivity contribution < 1.29 is 4.79 Å². The Hall–Kier alpha value is -1.47. The zero-order chi connectivity index (χ0) is 18.7. The molecule has 0 fully saturated rings. The Kier molecular flexibility index (Phi) is 7.79. The molecule has 0 aliphatic carbocycles. The first-order valence-corrected chi connectivity index (χ1v) is 10.1. The van der Waals surface area contributed by atoms with E-state index in [4.69, 9.17) is 4.98 Å². The summed E-state index contributed by atoms with van der Waals surface area (Å²) in [6.07, 6.45) is 0.893. The molecule has 0 atom stereocenters. The number of nitrogens with zero attached hydrogens (tertiary/aromatic N) is 3. The number of halogens is 2. The smallest absolute Gasteiger partial charge is 0.260 e. The van der Waals surface area contributed by atoms with Crippen LogP contribution in [0.5, 0.6) is 0 Å². The van der Waals surface area contributed by atoms with Crippen molar-refractivity contribution in [3.8, 4) is 0 Å². The number of fused-ring (bicyclic) bond motifs is 1. The maximum Gasteiger partial charge on any atom is 0.260 e. The van der Waals surface area contributed by atoms with Crippen LogP contribution in [0.1, 0.15) is 22.3 Å². The number of anilines is 1. The van der Waals surface area contributed by atoms with Crippen LogP contribution >= 0.6 is 39.7 Å². The van der Waals surface area contributed by atoms with E-state index < -0.39 is 0 Å². The van der Waals surface area contributed by atoms with Gasteiger partial charge in [-0.15, -0.1) is 12.4 Å². The molecule has 3 rings (SSSR count). The molecule has 0 bridgehead atoms. The Balaban J connectivity index is 0.00000261. The molecule has 0 spiro atoms. The molecule has 1 aromatic heterocycles. The lowest BCUT2D eigenvalue weighted by atomic mass is 10.2. The number of benzene rings is 2. The fourth-order valence-corrected chi connectivity index (χ4v) is 4.07. The topological polar surface area (TPSA) is 36.4 Å². The van der Waals surface area contributed by atoms with Gasteiger partial charge in [-0.05, 0) is 75.9 Å². The summed E-state index contributed by atoms with van der Waals surface area (Å²) < 4.78 is 2.07. The van der Waals surface area contributed by atoms with Crippen LogP contribution in [-0.4, -0.2) is 43.0 Å². The third-order valence-electron chi connectivity index (χ3n) is 4.09. The van der Waals surface area contributed by atoms with Crippen molar-refractivity contribution in [3.63, 3.8) is 0 Å². The van der Waals surface area contributed by atoms with E-state index in [-0.39, 0.29) is 18.3 Å². The Morgan fingerprint density at radius 2 is 1.81 bits per heavy atom. The summed E-state index contributed by atoms with van der Waals surface area (Å²) in [4.78, 5) is 21.8. The first kappa shape index (κ1) is 21.8. The lowest BCUT2D eigenvalue weighted by Gasteiger charge is -2.21. The molecule has 1 amide bonds. The van der Waals surface area contributed by atoms with Gasteiger partial charge in [0.05, 0.1) is 10.2 Å². The second-order valence-corrected chi connectivity index (χ2v) is 8.51. The van der Waals surface area contributed by atoms with Gasteiger partial charge in [0.1, 0.15) is 0 Å². The Bertz CT molecular complexity index is 911. The zero-order valence-electron chi connectivity index (χ0n) is 15.6. The number of aromatic nitrogens is 1. The molecule has 0 aliphatic heterocycles. The minimum absolute atomic E-state index is 0. The van der Waals surface area contributed by atoms with Crippen LogP contribution in [0, 0.1) is 6.92 Å². The van der Waals surface area contributed by atoms with Gasteiger partial charge in [0.2, 0.25) is 0 Å². The van der Waals surface area contributed by atoms with Gasteiger partial charge in [-0.1, -0.05) is 33.3 Å². The van der Waals surface area contributed by atoms with Crippen molar-refractivity contribution >= 4 is 60.9 Å². The normalized spacial score (nSPS) is 10.9. The molecule has 0 radical (unpaired) electrons. The van der Waals surface area contributed by atoms with E-state index in [1.54, 1.807) is 11.3 Å². The minimum Gasteiger partial charge on any atom is -0.309 e. The molecule has 0 saturated carbocycles. The van der Waals surface area contributed by atoms with Crippen LogP contribution in [0.25, 0.3) is 10.2 Å². The Labute approximate surface area is 178 Å². The number of rotatable bonds is 6. The van der Waals surface area contributed by atoms with Crippen LogP contribution in [-0.2, 0) is 0 Å². The summed E-state index contributed by atoms with van der Waals surface area (Å²) in [6, 6.07) is 13.7. The summed E-state index contributed by atoms with van der Waals surface area (Å²) >= 11 is 5.00. The molecular formula is C20H23BrClN3OS. The predicted octanol–water partition coefficient (Wildman–Crippen LogP) is 5.39. The lowest BCUT2D eigenvalue weighted by molar-refractivity contribution is 0.0986. The zero-order valence-corrected chi connectivity index (χ0v) is 18.8. The fourth-order valence-electron chi connectivity index (χ4n) is 2.71. The SMILES string of the molecule is Cc1ccc2nc(N(CCCN(C)C)C(=O)c3ccc(Br)cc3)sc2c1.Cl. The van der Waals surface area contributed by atoms with Gasteiger partial charge in [-0.2, -0.15) is 0 Å². The highest BCUT2D eigenvalue weighted by Crippen LogP contribution is 2.30. The maximum atomic E-state index is 13.1. The third kappa shape index (κ3) is 5.51. The largest absolute Gasteiger partial charge is 0.309 e. The summed E-state index contributed by atoms with van der Waals surface area (Å²) in [7, 11) is 4.09. The van der Waals surface area contributed by atoms with Crippen LogP contribution in [0.3, 0.4) is 0 Å². The molecule has 2 aromatic carbocycles. The van der Waals surface area contributed by atoms with Crippen molar-refractivity contribution in [1.82, 2.24) is 9.88 Å². The lowest BCUT2D eigenvalue weighted by Crippen LogP contribution is -2.33. The number of carbonyl (C=O) groups is 1. The van der Waals surface area contributed by atoms with Gasteiger partial charge in [-0.25, -0.2) is 4.98 Å². The fraction of sp³-hybridized carbons (Fsp3) is 0.300. The number of amides is 1. The standard InChI is InChI=1S/C20H22BrN3OS.ClH/c1-14-5-10-17-18(13-14)26-20(22-17)24(12-4-11-23(2)3)19(25)15-6-8-16(21)9-7-15;/h5-10,13H,4,11-12H2,1-3H3;1H. The quantitative estimate of drug-likeness (QED) is 0.487. The van der Waals surface area contributed by atoms with Crippen molar-refractivity contribution in [3.05, 3.63) is 58.1 Å². The second-order valence-electron chi connectivity index (χ2n) is 6.59. The molecule has 144 valence electrons. The van der Waals surface area contributed by atoms with Crippen LogP contribution in [0.15, 0.2) is 46.9 Å². The molecule has 27 heavy (non-hydrogen) atoms. The first-order chi connectivity index (χ1) is 12.4. The maximum absolute atomic E-state index is 13.1. The highest BCUT2D eigenvalue weighted by atomic mass is 79.9. The van der Waals surface area contributed by atoms with Gasteiger partial charge in [0.15, 0.2) is 5.13 Å². The summed E-state index contributed by atoms with van der Waals surface area (Å²) in [6.45, 7) is 3.64. The van der Waals surface area contributed by atoms with E-state index in [1.165, 1.54) is 5.56 Å². The highest BCUT2D eigenvalue weighted by Gasteiger charge is 2.21. The molecule has 0 unspecified atom stereocenters. The van der Waals surface area contributed by atoms with E-state index >= 15 is 0 Å². The van der Waals surface area contributed by atoms with Gasteiger partial charge < -0.3 is 4.90 Å². The first-order valence-electron chi connectivity index (χ1n) is 8.53. The van der Waals surface area contributed by atoms with Crippen molar-refractivity contribution in [1.29, 1.82) is 0 Å². The van der Waals surface area contributed by atoms with Gasteiger partial charge in [0.25, 0.3) is 5.91 Å². The monoisotopic (exact) mass is 467 g/mol. The second kappa shape index (κ2) is 9.64. The molecule has 7 heteroatoms. The molecular weight excluding hydrogens is 446 g/mol. The summed E-state index contributed by atoms with van der Waals surface area (Å²) in [5.41, 5.74) is 2.82. The Morgan fingerprint density at radius 3 is 2.48 bits per heavy atom. The van der Waals surface area contributed by atoms with Crippen LogP contribution < -0.4 is 4.90 Å². The number of thiazole rings is 1.